The summed E-state index contributed by atoms with van der Waals surface area (Å²) in [5.41, 5.74) is 0. The molecule has 1 rings (SSSR count). The predicted octanol–water partition coefficient (Wildman–Crippen LogP) is 2.02. The number of carbonyl (C=O) groups is 1. The maximum Gasteiger partial charge on any atom is 0.242 e. The largest absolute Gasteiger partial charge is 0.357 e. The predicted molar refractivity (Wildman–Crippen MR) is 94.7 cm³/mol. The molecule has 1 aliphatic rings. The second-order valence-electron chi connectivity index (χ2n) is 5.02. The molecule has 118 valence electrons. The molecule has 0 bridgehead atoms. The smallest absolute Gasteiger partial charge is 0.242 e. The van der Waals surface area contributed by atoms with Crippen LogP contribution in [-0.2, 0) is 4.79 Å². The van der Waals surface area contributed by atoms with E-state index < -0.39 is 0 Å². The summed E-state index contributed by atoms with van der Waals surface area (Å²) in [5, 5.41) is 9.39. The molecule has 1 saturated carbocycles. The van der Waals surface area contributed by atoms with Crippen LogP contribution in [0.5, 0.6) is 0 Å². The van der Waals surface area contributed by atoms with Crippen molar-refractivity contribution < 1.29 is 4.79 Å². The molecular formula is C14H29IN4O. The van der Waals surface area contributed by atoms with Crippen LogP contribution < -0.4 is 16.0 Å². The van der Waals surface area contributed by atoms with Gasteiger partial charge in [-0.1, -0.05) is 26.2 Å². The zero-order chi connectivity index (χ0) is 13.9. The Morgan fingerprint density at radius 1 is 1.15 bits per heavy atom. The molecule has 0 aromatic heterocycles. The summed E-state index contributed by atoms with van der Waals surface area (Å²) >= 11 is 0. The maximum absolute atomic E-state index is 11.8. The fourth-order valence-electron chi connectivity index (χ4n) is 2.26. The topological polar surface area (TPSA) is 65.5 Å². The van der Waals surface area contributed by atoms with Gasteiger partial charge in [0.2, 0.25) is 5.91 Å². The third-order valence-corrected chi connectivity index (χ3v) is 3.24. The van der Waals surface area contributed by atoms with Gasteiger partial charge in [0.15, 0.2) is 5.96 Å². The molecule has 0 aromatic carbocycles. The van der Waals surface area contributed by atoms with Crippen LogP contribution in [0.1, 0.15) is 52.4 Å². The highest BCUT2D eigenvalue weighted by Crippen LogP contribution is 2.17. The van der Waals surface area contributed by atoms with E-state index in [0.717, 1.165) is 38.3 Å². The average molecular weight is 396 g/mol. The van der Waals surface area contributed by atoms with E-state index in [1.54, 1.807) is 0 Å². The second-order valence-corrected chi connectivity index (χ2v) is 5.02. The number of hydrogen-bond donors (Lipinski definition) is 3. The standard InChI is InChI=1S/C14H28N4O.HI/c1-3-10-16-14(15-4-2)17-11-13(19)18-12-8-6-5-7-9-12;/h12H,3-11H2,1-2H3,(H,18,19)(H2,15,16,17);1H. The van der Waals surface area contributed by atoms with Crippen LogP contribution >= 0.6 is 24.0 Å². The normalized spacial score (nSPS) is 16.2. The molecule has 3 N–H and O–H groups in total. The Labute approximate surface area is 139 Å². The number of nitrogens with one attached hydrogen (secondary N) is 3. The van der Waals surface area contributed by atoms with Crippen molar-refractivity contribution >= 4 is 35.8 Å². The third-order valence-electron chi connectivity index (χ3n) is 3.24. The molecule has 0 aliphatic heterocycles. The van der Waals surface area contributed by atoms with E-state index in [2.05, 4.69) is 27.9 Å². The van der Waals surface area contributed by atoms with E-state index in [1.165, 1.54) is 19.3 Å². The number of aliphatic imine (C=N–C) groups is 1. The zero-order valence-corrected chi connectivity index (χ0v) is 15.0. The Morgan fingerprint density at radius 3 is 2.45 bits per heavy atom. The van der Waals surface area contributed by atoms with E-state index in [0.29, 0.717) is 6.04 Å². The first-order chi connectivity index (χ1) is 9.26. The molecule has 1 amide bonds. The molecule has 0 saturated heterocycles. The van der Waals surface area contributed by atoms with Crippen LogP contribution in [0, 0.1) is 0 Å². The van der Waals surface area contributed by atoms with Gasteiger partial charge in [-0.25, -0.2) is 4.99 Å². The van der Waals surface area contributed by atoms with Gasteiger partial charge in [0.1, 0.15) is 6.54 Å². The summed E-state index contributed by atoms with van der Waals surface area (Å²) in [6.45, 7) is 6.00. The van der Waals surface area contributed by atoms with Gasteiger partial charge in [-0.05, 0) is 26.2 Å². The highest BCUT2D eigenvalue weighted by molar-refractivity contribution is 14.0. The number of nitrogens with zero attached hydrogens (tertiary/aromatic N) is 1. The van der Waals surface area contributed by atoms with Crippen LogP contribution in [0.3, 0.4) is 0 Å². The number of halogens is 1. The van der Waals surface area contributed by atoms with Crippen LogP contribution in [-0.4, -0.2) is 37.5 Å². The van der Waals surface area contributed by atoms with Gasteiger partial charge in [-0.3, -0.25) is 4.79 Å². The second kappa shape index (κ2) is 12.2. The van der Waals surface area contributed by atoms with Crippen molar-refractivity contribution in [3.8, 4) is 0 Å². The summed E-state index contributed by atoms with van der Waals surface area (Å²) < 4.78 is 0. The molecule has 0 aromatic rings. The summed E-state index contributed by atoms with van der Waals surface area (Å²) in [7, 11) is 0. The summed E-state index contributed by atoms with van der Waals surface area (Å²) in [5.74, 6) is 0.753. The van der Waals surface area contributed by atoms with Crippen molar-refractivity contribution in [3.05, 3.63) is 0 Å². The van der Waals surface area contributed by atoms with Gasteiger partial charge in [-0.2, -0.15) is 0 Å². The fourth-order valence-corrected chi connectivity index (χ4v) is 2.26. The Bertz CT molecular complexity index is 291. The Hall–Kier alpha value is -0.530. The highest BCUT2D eigenvalue weighted by atomic mass is 127. The van der Waals surface area contributed by atoms with Gasteiger partial charge in [0, 0.05) is 19.1 Å². The summed E-state index contributed by atoms with van der Waals surface area (Å²) in [6.07, 6.45) is 7.03. The van der Waals surface area contributed by atoms with Gasteiger partial charge in [0.05, 0.1) is 0 Å². The van der Waals surface area contributed by atoms with Crippen LogP contribution in [0.15, 0.2) is 4.99 Å². The number of amides is 1. The molecule has 1 fully saturated rings. The fraction of sp³-hybridized carbons (Fsp3) is 0.857. The Kier molecular flexibility index (Phi) is 11.9. The van der Waals surface area contributed by atoms with Gasteiger partial charge in [-0.15, -0.1) is 24.0 Å². The van der Waals surface area contributed by atoms with E-state index in [-0.39, 0.29) is 36.4 Å². The SMILES string of the molecule is CCCNC(=NCC(=O)NC1CCCCC1)NCC.I. The van der Waals surface area contributed by atoms with Crippen LogP contribution in [0.2, 0.25) is 0 Å². The minimum Gasteiger partial charge on any atom is -0.357 e. The van der Waals surface area contributed by atoms with Crippen molar-refractivity contribution in [3.63, 3.8) is 0 Å². The zero-order valence-electron chi connectivity index (χ0n) is 12.7. The van der Waals surface area contributed by atoms with Crippen LogP contribution in [0.4, 0.5) is 0 Å². The molecule has 0 heterocycles. The summed E-state index contributed by atoms with van der Waals surface area (Å²) in [4.78, 5) is 16.1. The highest BCUT2D eigenvalue weighted by Gasteiger charge is 2.15. The quantitative estimate of drug-likeness (QED) is 0.366. The molecule has 5 nitrogen and oxygen atoms in total. The van der Waals surface area contributed by atoms with Gasteiger partial charge in [0.25, 0.3) is 0 Å². The maximum atomic E-state index is 11.8. The lowest BCUT2D eigenvalue weighted by Crippen LogP contribution is -2.40. The Balaban J connectivity index is 0.00000361. The van der Waals surface area contributed by atoms with E-state index in [1.807, 2.05) is 6.92 Å². The average Bonchev–Trinajstić information content (AvgIpc) is 2.43. The van der Waals surface area contributed by atoms with Crippen molar-refractivity contribution in [2.75, 3.05) is 19.6 Å². The number of rotatable bonds is 6. The molecule has 1 aliphatic carbocycles. The Morgan fingerprint density at radius 2 is 1.85 bits per heavy atom. The molecule has 6 heteroatoms. The molecule has 0 unspecified atom stereocenters. The number of carbonyl (C=O) groups excluding carboxylic acids is 1. The summed E-state index contributed by atoms with van der Waals surface area (Å²) in [6, 6.07) is 0.364. The van der Waals surface area contributed by atoms with E-state index >= 15 is 0 Å². The minimum atomic E-state index is 0. The first-order valence-electron chi connectivity index (χ1n) is 7.57. The van der Waals surface area contributed by atoms with Crippen molar-refractivity contribution in [2.45, 2.75) is 58.4 Å². The minimum absolute atomic E-state index is 0. The lowest BCUT2D eigenvalue weighted by atomic mass is 9.95. The lowest BCUT2D eigenvalue weighted by Gasteiger charge is -2.22. The first-order valence-corrected chi connectivity index (χ1v) is 7.57. The molecular weight excluding hydrogens is 367 g/mol. The van der Waals surface area contributed by atoms with Crippen LogP contribution in [0.25, 0.3) is 0 Å². The number of guanidine groups is 1. The molecule has 20 heavy (non-hydrogen) atoms. The van der Waals surface area contributed by atoms with Crippen molar-refractivity contribution in [2.24, 2.45) is 4.99 Å². The first kappa shape index (κ1) is 19.5. The lowest BCUT2D eigenvalue weighted by molar-refractivity contribution is -0.120. The van der Waals surface area contributed by atoms with Gasteiger partial charge < -0.3 is 16.0 Å². The van der Waals surface area contributed by atoms with E-state index in [4.69, 9.17) is 0 Å². The third kappa shape index (κ3) is 8.60. The van der Waals surface area contributed by atoms with E-state index in [9.17, 15) is 4.79 Å². The van der Waals surface area contributed by atoms with Crippen molar-refractivity contribution in [1.29, 1.82) is 0 Å². The molecule has 0 radical (unpaired) electrons. The van der Waals surface area contributed by atoms with Crippen molar-refractivity contribution in [1.82, 2.24) is 16.0 Å². The monoisotopic (exact) mass is 396 g/mol. The molecule has 0 atom stereocenters. The molecule has 0 spiro atoms. The van der Waals surface area contributed by atoms with Gasteiger partial charge >= 0.3 is 0 Å². The number of hydrogen-bond acceptors (Lipinski definition) is 2.